The minimum atomic E-state index is 0.251. The van der Waals surface area contributed by atoms with Crippen LogP contribution in [0.1, 0.15) is 60.7 Å². The highest BCUT2D eigenvalue weighted by Crippen LogP contribution is 2.24. The molecule has 0 saturated carbocycles. The normalized spacial score (nSPS) is 15.5. The van der Waals surface area contributed by atoms with Gasteiger partial charge in [0, 0.05) is 25.8 Å². The summed E-state index contributed by atoms with van der Waals surface area (Å²) in [5.41, 5.74) is 7.96. The molecule has 4 heterocycles. The van der Waals surface area contributed by atoms with Gasteiger partial charge in [-0.2, -0.15) is 22.6 Å². The van der Waals surface area contributed by atoms with E-state index in [2.05, 4.69) is 34.4 Å². The van der Waals surface area contributed by atoms with Gasteiger partial charge < -0.3 is 20.1 Å². The van der Waals surface area contributed by atoms with Crippen molar-refractivity contribution in [3.63, 3.8) is 0 Å². The Labute approximate surface area is 224 Å². The van der Waals surface area contributed by atoms with E-state index < -0.39 is 0 Å². The van der Waals surface area contributed by atoms with Gasteiger partial charge in [-0.15, -0.1) is 0 Å². The first-order valence-corrected chi connectivity index (χ1v) is 14.0. The van der Waals surface area contributed by atoms with Crippen LogP contribution in [0.2, 0.25) is 0 Å². The number of imidazole rings is 1. The quantitative estimate of drug-likeness (QED) is 0.403. The maximum Gasteiger partial charge on any atom is 0.239 e. The number of aromatic nitrogens is 4. The van der Waals surface area contributed by atoms with E-state index in [0.717, 1.165) is 42.4 Å². The van der Waals surface area contributed by atoms with Gasteiger partial charge >= 0.3 is 0 Å². The van der Waals surface area contributed by atoms with Crippen LogP contribution in [-0.4, -0.2) is 64.8 Å². The van der Waals surface area contributed by atoms with E-state index in [1.165, 1.54) is 6.42 Å². The Bertz CT molecular complexity index is 959. The molecule has 0 amide bonds. The largest absolute Gasteiger partial charge is 0.383 e. The molecular formula is C27H48N6O2S. The SMILES string of the molecule is C1COC1.CC.CC.CC.CS.Cc1nc2ccccc2n1-c1nc(N)cc(N2CCOCC2C)n1. The summed E-state index contributed by atoms with van der Waals surface area (Å²) >= 11 is 3.53. The van der Waals surface area contributed by atoms with Gasteiger partial charge in [-0.05, 0) is 38.7 Å². The van der Waals surface area contributed by atoms with Crippen molar-refractivity contribution in [3.05, 3.63) is 36.2 Å². The first-order valence-electron chi connectivity index (χ1n) is 13.1. The summed E-state index contributed by atoms with van der Waals surface area (Å²) in [4.78, 5) is 16.0. The van der Waals surface area contributed by atoms with Crippen LogP contribution in [0, 0.1) is 6.92 Å². The van der Waals surface area contributed by atoms with Crippen molar-refractivity contribution in [1.29, 1.82) is 0 Å². The Morgan fingerprint density at radius 1 is 0.917 bits per heavy atom. The smallest absolute Gasteiger partial charge is 0.239 e. The number of hydrogen-bond acceptors (Lipinski definition) is 8. The van der Waals surface area contributed by atoms with E-state index in [-0.39, 0.29) is 6.04 Å². The fourth-order valence-corrected chi connectivity index (χ4v) is 3.30. The second-order valence-electron chi connectivity index (χ2n) is 7.02. The number of thiol groups is 1. The molecule has 2 N–H and O–H groups in total. The van der Waals surface area contributed by atoms with Crippen molar-refractivity contribution in [2.45, 2.75) is 67.9 Å². The number of rotatable bonds is 2. The lowest BCUT2D eigenvalue weighted by Crippen LogP contribution is -2.44. The highest BCUT2D eigenvalue weighted by atomic mass is 32.1. The van der Waals surface area contributed by atoms with Crippen LogP contribution in [-0.2, 0) is 9.47 Å². The molecule has 2 saturated heterocycles. The van der Waals surface area contributed by atoms with Gasteiger partial charge in [-0.25, -0.2) is 4.98 Å². The van der Waals surface area contributed by atoms with Gasteiger partial charge in [0.25, 0.3) is 0 Å². The molecule has 2 aromatic heterocycles. The summed E-state index contributed by atoms with van der Waals surface area (Å²) in [5.74, 6) is 2.66. The summed E-state index contributed by atoms with van der Waals surface area (Å²) in [6.07, 6.45) is 2.97. The summed E-state index contributed by atoms with van der Waals surface area (Å²) < 4.78 is 12.2. The van der Waals surface area contributed by atoms with Crippen LogP contribution in [0.5, 0.6) is 0 Å². The fraction of sp³-hybridized carbons (Fsp3) is 0.593. The van der Waals surface area contributed by atoms with Crippen molar-refractivity contribution >= 4 is 35.3 Å². The van der Waals surface area contributed by atoms with Crippen LogP contribution in [0.3, 0.4) is 0 Å². The van der Waals surface area contributed by atoms with Gasteiger partial charge in [0.15, 0.2) is 0 Å². The van der Waals surface area contributed by atoms with Gasteiger partial charge in [0.2, 0.25) is 5.95 Å². The minimum Gasteiger partial charge on any atom is -0.383 e. The van der Waals surface area contributed by atoms with Crippen LogP contribution in [0.25, 0.3) is 17.0 Å². The summed E-state index contributed by atoms with van der Waals surface area (Å²) in [6.45, 7) is 20.2. The Morgan fingerprint density at radius 2 is 1.50 bits per heavy atom. The molecule has 0 spiro atoms. The summed E-state index contributed by atoms with van der Waals surface area (Å²) in [7, 11) is 0. The molecule has 2 fully saturated rings. The van der Waals surface area contributed by atoms with E-state index in [9.17, 15) is 0 Å². The molecule has 2 aliphatic rings. The number of ether oxygens (including phenoxy) is 2. The standard InChI is InChI=1S/C17H20N6O.C3H6O.3C2H6.CH4S/c1-11-10-24-8-7-22(11)16-9-15(18)20-17(21-16)23-12(2)19-13-5-3-4-6-14(13)23;1-2-4-3-1;4*1-2/h3-6,9,11H,7-8,10H2,1-2H3,(H2,18,20,21);1-3H2;3*1-2H3;2H,1H3. The number of nitrogens with zero attached hydrogens (tertiary/aromatic N) is 5. The number of nitrogens with two attached hydrogens (primary N) is 1. The Kier molecular flexibility index (Phi) is 18.5. The molecule has 8 nitrogen and oxygen atoms in total. The first-order chi connectivity index (χ1) is 17.6. The zero-order valence-electron chi connectivity index (χ0n) is 23.8. The third-order valence-corrected chi connectivity index (χ3v) is 4.89. The van der Waals surface area contributed by atoms with E-state index in [1.54, 1.807) is 6.26 Å². The third-order valence-electron chi connectivity index (χ3n) is 4.89. The van der Waals surface area contributed by atoms with E-state index in [1.807, 2.05) is 83.4 Å². The number of nitrogen functional groups attached to an aromatic ring is 1. The lowest BCUT2D eigenvalue weighted by atomic mass is 10.2. The highest BCUT2D eigenvalue weighted by molar-refractivity contribution is 7.79. The molecule has 1 unspecified atom stereocenters. The Hall–Kier alpha value is -2.36. The number of anilines is 2. The molecule has 1 aromatic carbocycles. The van der Waals surface area contributed by atoms with Gasteiger partial charge in [0.1, 0.15) is 17.5 Å². The van der Waals surface area contributed by atoms with Crippen molar-refractivity contribution < 1.29 is 9.47 Å². The van der Waals surface area contributed by atoms with Crippen molar-refractivity contribution in [2.75, 3.05) is 49.9 Å². The van der Waals surface area contributed by atoms with Crippen LogP contribution in [0.15, 0.2) is 30.3 Å². The lowest BCUT2D eigenvalue weighted by molar-refractivity contribution is 0.0367. The van der Waals surface area contributed by atoms with Gasteiger partial charge in [0.05, 0.1) is 30.3 Å². The maximum absolute atomic E-state index is 6.07. The molecule has 0 bridgehead atoms. The monoisotopic (exact) mass is 520 g/mol. The number of fused-ring (bicyclic) bond motifs is 1. The Balaban J connectivity index is 0.000000872. The summed E-state index contributed by atoms with van der Waals surface area (Å²) in [6, 6.07) is 10.0. The van der Waals surface area contributed by atoms with Crippen LogP contribution in [0.4, 0.5) is 11.6 Å². The van der Waals surface area contributed by atoms with E-state index in [4.69, 9.17) is 20.2 Å². The zero-order valence-corrected chi connectivity index (χ0v) is 24.7. The lowest BCUT2D eigenvalue weighted by Gasteiger charge is -2.34. The average Bonchev–Trinajstić information content (AvgIpc) is 3.23. The number of morpholine rings is 1. The molecular weight excluding hydrogens is 472 g/mol. The van der Waals surface area contributed by atoms with Gasteiger partial charge in [-0.3, -0.25) is 4.57 Å². The second-order valence-corrected chi connectivity index (χ2v) is 7.02. The number of aryl methyl sites for hydroxylation is 1. The van der Waals surface area contributed by atoms with Gasteiger partial charge in [-0.1, -0.05) is 53.7 Å². The molecule has 36 heavy (non-hydrogen) atoms. The van der Waals surface area contributed by atoms with Crippen LogP contribution < -0.4 is 10.6 Å². The molecule has 0 radical (unpaired) electrons. The highest BCUT2D eigenvalue weighted by Gasteiger charge is 2.22. The number of hydrogen-bond donors (Lipinski definition) is 2. The molecule has 204 valence electrons. The third kappa shape index (κ3) is 9.59. The predicted molar refractivity (Wildman–Crippen MR) is 158 cm³/mol. The van der Waals surface area contributed by atoms with E-state index >= 15 is 0 Å². The predicted octanol–water partition coefficient (Wildman–Crippen LogP) is 5.96. The Morgan fingerprint density at radius 3 is 2.06 bits per heavy atom. The average molecular weight is 521 g/mol. The number of benzene rings is 1. The second kappa shape index (κ2) is 19.8. The number of para-hydroxylation sites is 2. The molecule has 3 aromatic rings. The molecule has 1 atom stereocenters. The molecule has 2 aliphatic heterocycles. The van der Waals surface area contributed by atoms with Crippen LogP contribution >= 0.6 is 12.6 Å². The topological polar surface area (TPSA) is 91.3 Å². The molecule has 5 rings (SSSR count). The fourth-order valence-electron chi connectivity index (χ4n) is 3.30. The first kappa shape index (κ1) is 33.6. The van der Waals surface area contributed by atoms with Crippen molar-refractivity contribution in [2.24, 2.45) is 0 Å². The zero-order chi connectivity index (χ0) is 27.5. The maximum atomic E-state index is 6.07. The van der Waals surface area contributed by atoms with E-state index in [0.29, 0.717) is 25.0 Å². The minimum absolute atomic E-state index is 0.251. The molecule has 0 aliphatic carbocycles. The van der Waals surface area contributed by atoms with Crippen molar-refractivity contribution in [1.82, 2.24) is 19.5 Å². The van der Waals surface area contributed by atoms with Crippen molar-refractivity contribution in [3.8, 4) is 5.95 Å². The summed E-state index contributed by atoms with van der Waals surface area (Å²) in [5, 5.41) is 0. The molecule has 9 heteroatoms.